The van der Waals surface area contributed by atoms with E-state index in [0.29, 0.717) is 17.6 Å². The molecule has 28 heavy (non-hydrogen) atoms. The molecular formula is C21H35IN4OS. The van der Waals surface area contributed by atoms with Crippen LogP contribution in [0.15, 0.2) is 22.5 Å². The van der Waals surface area contributed by atoms with Gasteiger partial charge in [0.2, 0.25) is 0 Å². The Kier molecular flexibility index (Phi) is 8.04. The molecule has 2 unspecified atom stereocenters. The van der Waals surface area contributed by atoms with E-state index >= 15 is 0 Å². The number of hydrogen-bond donors (Lipinski definition) is 1. The highest BCUT2D eigenvalue weighted by Crippen LogP contribution is 2.47. The Balaban J connectivity index is 0.00000225. The summed E-state index contributed by atoms with van der Waals surface area (Å²) in [5.74, 6) is 1.11. The molecule has 4 rings (SSSR count). The molecule has 158 valence electrons. The number of aliphatic imine (C=N–C) groups is 1. The van der Waals surface area contributed by atoms with E-state index in [4.69, 9.17) is 9.73 Å². The second-order valence-electron chi connectivity index (χ2n) is 8.43. The second kappa shape index (κ2) is 10.1. The number of nitrogens with zero attached hydrogens (tertiary/aromatic N) is 3. The van der Waals surface area contributed by atoms with E-state index in [1.165, 1.54) is 37.1 Å². The standard InChI is InChI=1S/C21H34N4OS.HI/c1-3-22-20(25-10-9-21(16-25)7-5-8-21)23-14-18(19-6-4-13-27-19)24-11-12-26-17(2)15-24;/h4,6,13,17-18H,3,5,7-12,14-16H2,1-2H3,(H,22,23);1H. The van der Waals surface area contributed by atoms with Crippen LogP contribution in [-0.4, -0.2) is 67.7 Å². The monoisotopic (exact) mass is 518 g/mol. The Bertz CT molecular complexity index is 634. The number of guanidine groups is 1. The van der Waals surface area contributed by atoms with Crippen LogP contribution in [-0.2, 0) is 4.74 Å². The number of rotatable bonds is 5. The zero-order valence-corrected chi connectivity index (χ0v) is 20.4. The summed E-state index contributed by atoms with van der Waals surface area (Å²) in [5, 5.41) is 5.74. The van der Waals surface area contributed by atoms with E-state index in [-0.39, 0.29) is 24.0 Å². The highest BCUT2D eigenvalue weighted by atomic mass is 127. The Morgan fingerprint density at radius 3 is 2.86 bits per heavy atom. The van der Waals surface area contributed by atoms with Crippen molar-refractivity contribution in [2.45, 2.75) is 51.7 Å². The number of morpholine rings is 1. The lowest BCUT2D eigenvalue weighted by molar-refractivity contribution is -0.0327. The Morgan fingerprint density at radius 2 is 2.25 bits per heavy atom. The van der Waals surface area contributed by atoms with Gasteiger partial charge < -0.3 is 15.0 Å². The van der Waals surface area contributed by atoms with Gasteiger partial charge in [0.25, 0.3) is 0 Å². The number of halogens is 1. The number of hydrogen-bond acceptors (Lipinski definition) is 4. The summed E-state index contributed by atoms with van der Waals surface area (Å²) in [6.45, 7) is 11.2. The van der Waals surface area contributed by atoms with E-state index in [1.54, 1.807) is 0 Å². The molecule has 2 aliphatic heterocycles. The van der Waals surface area contributed by atoms with Crippen LogP contribution in [0.5, 0.6) is 0 Å². The predicted octanol–water partition coefficient (Wildman–Crippen LogP) is 3.97. The molecule has 1 N–H and O–H groups in total. The maximum absolute atomic E-state index is 5.77. The van der Waals surface area contributed by atoms with E-state index in [1.807, 2.05) is 11.3 Å². The molecule has 1 saturated carbocycles. The Labute approximate surface area is 190 Å². The lowest BCUT2D eigenvalue weighted by atomic mass is 9.68. The van der Waals surface area contributed by atoms with Gasteiger partial charge in [0.05, 0.1) is 25.3 Å². The number of thiophene rings is 1. The van der Waals surface area contributed by atoms with Gasteiger partial charge in [-0.25, -0.2) is 0 Å². The lowest BCUT2D eigenvalue weighted by Gasteiger charge is -2.38. The molecule has 2 saturated heterocycles. The van der Waals surface area contributed by atoms with Crippen molar-refractivity contribution >= 4 is 41.3 Å². The zero-order valence-electron chi connectivity index (χ0n) is 17.2. The van der Waals surface area contributed by atoms with E-state index in [2.05, 4.69) is 46.5 Å². The topological polar surface area (TPSA) is 40.1 Å². The van der Waals surface area contributed by atoms with Crippen molar-refractivity contribution in [3.8, 4) is 0 Å². The minimum Gasteiger partial charge on any atom is -0.376 e. The summed E-state index contributed by atoms with van der Waals surface area (Å²) in [7, 11) is 0. The average Bonchev–Trinajstić information content (AvgIpc) is 3.31. The van der Waals surface area contributed by atoms with Crippen molar-refractivity contribution in [2.24, 2.45) is 10.4 Å². The molecule has 2 atom stereocenters. The highest BCUT2D eigenvalue weighted by Gasteiger charge is 2.43. The molecule has 1 spiro atoms. The van der Waals surface area contributed by atoms with E-state index < -0.39 is 0 Å². The fraction of sp³-hybridized carbons (Fsp3) is 0.762. The first kappa shape index (κ1) is 22.3. The Morgan fingerprint density at radius 1 is 1.39 bits per heavy atom. The van der Waals surface area contributed by atoms with Gasteiger partial charge in [-0.3, -0.25) is 9.89 Å². The van der Waals surface area contributed by atoms with Crippen molar-refractivity contribution in [1.82, 2.24) is 15.1 Å². The molecule has 0 amide bonds. The van der Waals surface area contributed by atoms with Gasteiger partial charge in [0, 0.05) is 37.6 Å². The summed E-state index contributed by atoms with van der Waals surface area (Å²) in [5.41, 5.74) is 0.600. The molecule has 0 aromatic carbocycles. The van der Waals surface area contributed by atoms with Crippen LogP contribution < -0.4 is 5.32 Å². The number of likely N-dealkylation sites (tertiary alicyclic amines) is 1. The molecule has 0 radical (unpaired) electrons. The van der Waals surface area contributed by atoms with Gasteiger partial charge in [0.1, 0.15) is 0 Å². The minimum atomic E-state index is 0. The third-order valence-corrected chi connectivity index (χ3v) is 7.46. The van der Waals surface area contributed by atoms with E-state index in [9.17, 15) is 0 Å². The van der Waals surface area contributed by atoms with E-state index in [0.717, 1.165) is 45.3 Å². The first-order chi connectivity index (χ1) is 13.2. The molecule has 1 aliphatic carbocycles. The zero-order chi connectivity index (χ0) is 18.7. The molecule has 1 aromatic heterocycles. The third kappa shape index (κ3) is 5.02. The van der Waals surface area contributed by atoms with Crippen molar-refractivity contribution < 1.29 is 4.74 Å². The minimum absolute atomic E-state index is 0. The molecule has 5 nitrogen and oxygen atoms in total. The van der Waals surface area contributed by atoms with Crippen LogP contribution in [0, 0.1) is 5.41 Å². The van der Waals surface area contributed by atoms with Gasteiger partial charge in [-0.2, -0.15) is 0 Å². The van der Waals surface area contributed by atoms with Gasteiger partial charge in [0.15, 0.2) is 5.96 Å². The van der Waals surface area contributed by atoms with Crippen LogP contribution in [0.25, 0.3) is 0 Å². The van der Waals surface area contributed by atoms with Crippen molar-refractivity contribution in [2.75, 3.05) is 45.9 Å². The van der Waals surface area contributed by atoms with Crippen LogP contribution in [0.1, 0.15) is 50.4 Å². The van der Waals surface area contributed by atoms with Crippen LogP contribution in [0.4, 0.5) is 0 Å². The molecule has 3 fully saturated rings. The first-order valence-corrected chi connectivity index (χ1v) is 11.5. The molecule has 0 bridgehead atoms. The molecule has 7 heteroatoms. The van der Waals surface area contributed by atoms with Gasteiger partial charge in [-0.15, -0.1) is 35.3 Å². The summed E-state index contributed by atoms with van der Waals surface area (Å²) in [6.07, 6.45) is 5.87. The molecule has 3 heterocycles. The fourth-order valence-electron chi connectivity index (χ4n) is 4.79. The summed E-state index contributed by atoms with van der Waals surface area (Å²) < 4.78 is 5.77. The summed E-state index contributed by atoms with van der Waals surface area (Å²) in [6, 6.07) is 4.77. The fourth-order valence-corrected chi connectivity index (χ4v) is 5.65. The molecule has 1 aromatic rings. The average molecular weight is 519 g/mol. The van der Waals surface area contributed by atoms with Crippen molar-refractivity contribution in [1.29, 1.82) is 0 Å². The van der Waals surface area contributed by atoms with Gasteiger partial charge in [-0.1, -0.05) is 12.5 Å². The lowest BCUT2D eigenvalue weighted by Crippen LogP contribution is -2.45. The Hall–Kier alpha value is -0.380. The number of nitrogens with one attached hydrogen (secondary N) is 1. The summed E-state index contributed by atoms with van der Waals surface area (Å²) in [4.78, 5) is 11.6. The normalized spacial score (nSPS) is 26.0. The molecular weight excluding hydrogens is 483 g/mol. The molecule has 3 aliphatic rings. The van der Waals surface area contributed by atoms with Crippen molar-refractivity contribution in [3.05, 3.63) is 22.4 Å². The van der Waals surface area contributed by atoms with Crippen LogP contribution >= 0.6 is 35.3 Å². The maximum atomic E-state index is 5.77. The number of ether oxygens (including phenoxy) is 1. The SMILES string of the molecule is CCNC(=NCC(c1cccs1)N1CCOC(C)C1)N1CCC2(CCC2)C1.I. The third-order valence-electron chi connectivity index (χ3n) is 6.49. The quantitative estimate of drug-likeness (QED) is 0.364. The second-order valence-corrected chi connectivity index (χ2v) is 9.41. The van der Waals surface area contributed by atoms with Crippen LogP contribution in [0.2, 0.25) is 0 Å². The smallest absolute Gasteiger partial charge is 0.194 e. The highest BCUT2D eigenvalue weighted by molar-refractivity contribution is 14.0. The largest absolute Gasteiger partial charge is 0.376 e. The first-order valence-electron chi connectivity index (χ1n) is 10.6. The van der Waals surface area contributed by atoms with Gasteiger partial charge >= 0.3 is 0 Å². The van der Waals surface area contributed by atoms with Gasteiger partial charge in [-0.05, 0) is 50.0 Å². The van der Waals surface area contributed by atoms with Crippen LogP contribution in [0.3, 0.4) is 0 Å². The van der Waals surface area contributed by atoms with Crippen molar-refractivity contribution in [3.63, 3.8) is 0 Å². The maximum Gasteiger partial charge on any atom is 0.194 e. The summed E-state index contributed by atoms with van der Waals surface area (Å²) >= 11 is 1.85. The predicted molar refractivity (Wildman–Crippen MR) is 128 cm³/mol.